The molecular formula is C23H30F3N3O2Si. The fraction of sp³-hybridized carbons (Fsp3) is 0.478. The second-order valence-electron chi connectivity index (χ2n) is 9.75. The molecule has 1 atom stereocenters. The molecular weight excluding hydrogens is 435 g/mol. The molecule has 0 saturated carbocycles. The van der Waals surface area contributed by atoms with E-state index in [-0.39, 0.29) is 10.7 Å². The number of alkyl halides is 3. The minimum atomic E-state index is -4.61. The SMILES string of the molecule is Cc1ccc(C(O)c2ccn3c(C(F)(F)F)nnc3c2C)cc1CO[Si](C)(C)C(C)(C)C. The summed E-state index contributed by atoms with van der Waals surface area (Å²) in [5.41, 5.74) is 3.68. The van der Waals surface area contributed by atoms with E-state index in [2.05, 4.69) is 44.1 Å². The van der Waals surface area contributed by atoms with Gasteiger partial charge in [-0.1, -0.05) is 39.0 Å². The van der Waals surface area contributed by atoms with E-state index in [1.807, 2.05) is 25.1 Å². The molecule has 0 spiro atoms. The lowest BCUT2D eigenvalue weighted by molar-refractivity contribution is -0.145. The summed E-state index contributed by atoms with van der Waals surface area (Å²) in [6, 6.07) is 7.14. The molecule has 5 nitrogen and oxygen atoms in total. The molecule has 0 amide bonds. The summed E-state index contributed by atoms with van der Waals surface area (Å²) in [7, 11) is -1.94. The van der Waals surface area contributed by atoms with Gasteiger partial charge in [-0.2, -0.15) is 13.2 Å². The molecule has 1 N–H and O–H groups in total. The Hall–Kier alpha value is -2.23. The van der Waals surface area contributed by atoms with Gasteiger partial charge in [-0.3, -0.25) is 4.40 Å². The summed E-state index contributed by atoms with van der Waals surface area (Å²) in [6.07, 6.45) is -4.38. The van der Waals surface area contributed by atoms with E-state index < -0.39 is 26.4 Å². The zero-order valence-corrected chi connectivity index (χ0v) is 20.5. The van der Waals surface area contributed by atoms with Crippen molar-refractivity contribution in [3.63, 3.8) is 0 Å². The van der Waals surface area contributed by atoms with Gasteiger partial charge in [0, 0.05) is 11.8 Å². The first-order valence-electron chi connectivity index (χ1n) is 10.5. The minimum Gasteiger partial charge on any atom is -0.413 e. The zero-order chi connectivity index (χ0) is 24.1. The van der Waals surface area contributed by atoms with Crippen LogP contribution < -0.4 is 0 Å². The van der Waals surface area contributed by atoms with Crippen LogP contribution in [-0.4, -0.2) is 28.0 Å². The van der Waals surface area contributed by atoms with Crippen molar-refractivity contribution >= 4 is 14.0 Å². The van der Waals surface area contributed by atoms with Crippen LogP contribution in [0.3, 0.4) is 0 Å². The average Bonchev–Trinajstić information content (AvgIpc) is 3.12. The molecule has 3 rings (SSSR count). The number of nitrogens with zero attached hydrogens (tertiary/aromatic N) is 3. The molecule has 1 aromatic carbocycles. The number of fused-ring (bicyclic) bond motifs is 1. The lowest BCUT2D eigenvalue weighted by Gasteiger charge is -2.36. The van der Waals surface area contributed by atoms with Gasteiger partial charge in [-0.05, 0) is 60.3 Å². The maximum absolute atomic E-state index is 13.1. The summed E-state index contributed by atoms with van der Waals surface area (Å²) in [4.78, 5) is 0. The van der Waals surface area contributed by atoms with Gasteiger partial charge < -0.3 is 9.53 Å². The molecule has 0 bridgehead atoms. The molecule has 174 valence electrons. The highest BCUT2D eigenvalue weighted by Gasteiger charge is 2.38. The van der Waals surface area contributed by atoms with Crippen molar-refractivity contribution in [2.24, 2.45) is 0 Å². The number of aliphatic hydroxyl groups is 1. The first kappa shape index (κ1) is 24.4. The lowest BCUT2D eigenvalue weighted by atomic mass is 9.95. The Kier molecular flexibility index (Phi) is 6.31. The molecule has 0 fully saturated rings. The van der Waals surface area contributed by atoms with E-state index in [0.717, 1.165) is 15.5 Å². The van der Waals surface area contributed by atoms with Crippen LogP contribution in [0, 0.1) is 13.8 Å². The number of aliphatic hydroxyl groups excluding tert-OH is 1. The maximum Gasteiger partial charge on any atom is 0.452 e. The van der Waals surface area contributed by atoms with Crippen LogP contribution in [-0.2, 0) is 17.2 Å². The number of hydrogen-bond donors (Lipinski definition) is 1. The fourth-order valence-electron chi connectivity index (χ4n) is 3.26. The molecule has 32 heavy (non-hydrogen) atoms. The van der Waals surface area contributed by atoms with Crippen LogP contribution in [0.15, 0.2) is 30.5 Å². The molecule has 9 heteroatoms. The molecule has 0 aliphatic heterocycles. The van der Waals surface area contributed by atoms with Gasteiger partial charge >= 0.3 is 6.18 Å². The van der Waals surface area contributed by atoms with E-state index in [1.165, 1.54) is 12.3 Å². The van der Waals surface area contributed by atoms with Gasteiger partial charge in [0.1, 0.15) is 6.10 Å². The first-order valence-corrected chi connectivity index (χ1v) is 13.4. The summed E-state index contributed by atoms with van der Waals surface area (Å²) in [6.45, 7) is 15.0. The van der Waals surface area contributed by atoms with Crippen LogP contribution >= 0.6 is 0 Å². The number of hydrogen-bond acceptors (Lipinski definition) is 4. The van der Waals surface area contributed by atoms with Crippen molar-refractivity contribution in [2.75, 3.05) is 0 Å². The monoisotopic (exact) mass is 465 g/mol. The number of halogens is 3. The van der Waals surface area contributed by atoms with E-state index >= 15 is 0 Å². The van der Waals surface area contributed by atoms with Crippen LogP contribution in [0.5, 0.6) is 0 Å². The Morgan fingerprint density at radius 2 is 1.75 bits per heavy atom. The van der Waals surface area contributed by atoms with Crippen molar-refractivity contribution < 1.29 is 22.7 Å². The number of aryl methyl sites for hydroxylation is 2. The molecule has 3 aromatic rings. The highest BCUT2D eigenvalue weighted by Crippen LogP contribution is 2.37. The minimum absolute atomic E-state index is 0.0717. The molecule has 0 aliphatic carbocycles. The number of benzene rings is 1. The Morgan fingerprint density at radius 1 is 1.09 bits per heavy atom. The van der Waals surface area contributed by atoms with Crippen molar-refractivity contribution in [1.29, 1.82) is 0 Å². The number of rotatable bonds is 5. The maximum atomic E-state index is 13.1. The van der Waals surface area contributed by atoms with E-state index in [9.17, 15) is 18.3 Å². The van der Waals surface area contributed by atoms with Crippen molar-refractivity contribution in [3.05, 3.63) is 64.1 Å². The van der Waals surface area contributed by atoms with Crippen molar-refractivity contribution in [1.82, 2.24) is 14.6 Å². The highest BCUT2D eigenvalue weighted by molar-refractivity contribution is 6.74. The molecule has 0 aliphatic rings. The zero-order valence-electron chi connectivity index (χ0n) is 19.5. The normalized spacial score (nSPS) is 14.2. The predicted molar refractivity (Wildman–Crippen MR) is 120 cm³/mol. The van der Waals surface area contributed by atoms with E-state index in [1.54, 1.807) is 6.92 Å². The number of pyridine rings is 1. The summed E-state index contributed by atoms with van der Waals surface area (Å²) >= 11 is 0. The topological polar surface area (TPSA) is 59.7 Å². The molecule has 0 saturated heterocycles. The Labute approximate surface area is 187 Å². The third-order valence-electron chi connectivity index (χ3n) is 6.50. The Balaban J connectivity index is 1.93. The average molecular weight is 466 g/mol. The Morgan fingerprint density at radius 3 is 2.34 bits per heavy atom. The lowest BCUT2D eigenvalue weighted by Crippen LogP contribution is -2.40. The van der Waals surface area contributed by atoms with Crippen molar-refractivity contribution in [2.45, 2.75) is 71.6 Å². The molecule has 2 aromatic heterocycles. The van der Waals surface area contributed by atoms with Gasteiger partial charge in [0.25, 0.3) is 0 Å². The van der Waals surface area contributed by atoms with Crippen LogP contribution in [0.1, 0.15) is 60.5 Å². The highest BCUT2D eigenvalue weighted by atomic mass is 28.4. The van der Waals surface area contributed by atoms with Gasteiger partial charge in [0.2, 0.25) is 5.82 Å². The number of aromatic nitrogens is 3. The first-order chi connectivity index (χ1) is 14.6. The van der Waals surface area contributed by atoms with Gasteiger partial charge in [0.15, 0.2) is 14.0 Å². The fourth-order valence-corrected chi connectivity index (χ4v) is 4.21. The van der Waals surface area contributed by atoms with Crippen molar-refractivity contribution in [3.8, 4) is 0 Å². The molecule has 0 radical (unpaired) electrons. The van der Waals surface area contributed by atoms with Gasteiger partial charge in [-0.25, -0.2) is 0 Å². The van der Waals surface area contributed by atoms with E-state index in [0.29, 0.717) is 23.3 Å². The third-order valence-corrected chi connectivity index (χ3v) is 11.0. The molecule has 2 heterocycles. The summed E-state index contributed by atoms with van der Waals surface area (Å²) in [5, 5.41) is 18.1. The third kappa shape index (κ3) is 4.60. The second-order valence-corrected chi connectivity index (χ2v) is 14.6. The second kappa shape index (κ2) is 8.28. The van der Waals surface area contributed by atoms with Gasteiger partial charge in [-0.15, -0.1) is 10.2 Å². The smallest absolute Gasteiger partial charge is 0.413 e. The van der Waals surface area contributed by atoms with Crippen LogP contribution in [0.25, 0.3) is 5.65 Å². The standard InChI is InChI=1S/C23H30F3N3O2Si/c1-14-8-9-16(12-17(14)13-31-32(6,7)22(3,4)5)19(30)18-10-11-29-20(15(18)2)27-28-21(29)23(24,25)26/h8-12,19,30H,13H2,1-7H3. The largest absolute Gasteiger partial charge is 0.452 e. The van der Waals surface area contributed by atoms with E-state index in [4.69, 9.17) is 4.43 Å². The Bertz CT molecular complexity index is 1130. The summed E-state index contributed by atoms with van der Waals surface area (Å²) < 4.78 is 46.7. The van der Waals surface area contributed by atoms with Crippen LogP contribution in [0.2, 0.25) is 18.1 Å². The summed E-state index contributed by atoms with van der Waals surface area (Å²) in [5.74, 6) is -1.09. The predicted octanol–water partition coefficient (Wildman–Crippen LogP) is 5.97. The quantitative estimate of drug-likeness (QED) is 0.472. The molecule has 1 unspecified atom stereocenters. The van der Waals surface area contributed by atoms with Gasteiger partial charge in [0.05, 0.1) is 6.61 Å². The van der Waals surface area contributed by atoms with Crippen LogP contribution in [0.4, 0.5) is 13.2 Å².